The van der Waals surface area contributed by atoms with Crippen LogP contribution in [-0.4, -0.2) is 30.1 Å². The van der Waals surface area contributed by atoms with Crippen LogP contribution in [0.1, 0.15) is 34.6 Å². The summed E-state index contributed by atoms with van der Waals surface area (Å²) in [6, 6.07) is 0. The van der Waals surface area contributed by atoms with E-state index < -0.39 is 11.6 Å². The molecule has 0 amide bonds. The first-order valence-electron chi connectivity index (χ1n) is 6.19. The van der Waals surface area contributed by atoms with Crippen LogP contribution in [0.25, 0.3) is 0 Å². The third-order valence-electron chi connectivity index (χ3n) is 4.57. The SMILES string of the molecule is CCOC(=O)C12OC1C(C)(C)C(C)C(C)C2=O. The quantitative estimate of drug-likeness (QED) is 0.417. The van der Waals surface area contributed by atoms with Gasteiger partial charge in [-0.25, -0.2) is 4.79 Å². The second-order valence-electron chi connectivity index (χ2n) is 5.72. The average molecular weight is 240 g/mol. The predicted octanol–water partition coefficient (Wildman–Crippen LogP) is 1.57. The van der Waals surface area contributed by atoms with Gasteiger partial charge in [-0.1, -0.05) is 27.7 Å². The van der Waals surface area contributed by atoms with Gasteiger partial charge in [-0.05, 0) is 18.3 Å². The summed E-state index contributed by atoms with van der Waals surface area (Å²) < 4.78 is 10.5. The molecule has 1 heterocycles. The summed E-state index contributed by atoms with van der Waals surface area (Å²) in [5.41, 5.74) is -1.48. The van der Waals surface area contributed by atoms with Crippen LogP contribution < -0.4 is 0 Å². The lowest BCUT2D eigenvalue weighted by Crippen LogP contribution is -2.53. The predicted molar refractivity (Wildman–Crippen MR) is 61.4 cm³/mol. The van der Waals surface area contributed by atoms with Crippen LogP contribution in [0.2, 0.25) is 0 Å². The van der Waals surface area contributed by atoms with Crippen molar-refractivity contribution in [2.45, 2.75) is 46.3 Å². The number of carbonyl (C=O) groups is 2. The zero-order chi connectivity index (χ0) is 13.0. The van der Waals surface area contributed by atoms with Gasteiger partial charge >= 0.3 is 5.97 Å². The van der Waals surface area contributed by atoms with Gasteiger partial charge in [0.2, 0.25) is 0 Å². The first kappa shape index (κ1) is 12.6. The minimum absolute atomic E-state index is 0.118. The number of rotatable bonds is 2. The van der Waals surface area contributed by atoms with Crippen molar-refractivity contribution < 1.29 is 19.1 Å². The van der Waals surface area contributed by atoms with Gasteiger partial charge < -0.3 is 9.47 Å². The minimum atomic E-state index is -1.30. The summed E-state index contributed by atoms with van der Waals surface area (Å²) in [5.74, 6) is -0.604. The molecule has 2 fully saturated rings. The zero-order valence-electron chi connectivity index (χ0n) is 11.1. The van der Waals surface area contributed by atoms with Gasteiger partial charge in [-0.2, -0.15) is 0 Å². The van der Waals surface area contributed by atoms with E-state index in [0.29, 0.717) is 0 Å². The molecular weight excluding hydrogens is 220 g/mol. The summed E-state index contributed by atoms with van der Waals surface area (Å²) >= 11 is 0. The van der Waals surface area contributed by atoms with E-state index in [2.05, 4.69) is 0 Å². The van der Waals surface area contributed by atoms with E-state index in [1.807, 2.05) is 27.7 Å². The highest BCUT2D eigenvalue weighted by Gasteiger charge is 2.78. The number of hydrogen-bond acceptors (Lipinski definition) is 4. The third kappa shape index (κ3) is 1.39. The Hall–Kier alpha value is -0.900. The van der Waals surface area contributed by atoms with Crippen molar-refractivity contribution in [3.63, 3.8) is 0 Å². The highest BCUT2D eigenvalue weighted by Crippen LogP contribution is 2.59. The van der Waals surface area contributed by atoms with Crippen molar-refractivity contribution in [3.05, 3.63) is 0 Å². The van der Waals surface area contributed by atoms with E-state index in [9.17, 15) is 9.59 Å². The molecule has 2 rings (SSSR count). The van der Waals surface area contributed by atoms with E-state index in [0.717, 1.165) is 0 Å². The second kappa shape index (κ2) is 3.55. The maximum absolute atomic E-state index is 12.3. The molecular formula is C13H20O4. The molecule has 1 aliphatic heterocycles. The molecule has 4 nitrogen and oxygen atoms in total. The van der Waals surface area contributed by atoms with Crippen LogP contribution in [0.4, 0.5) is 0 Å². The molecule has 0 bridgehead atoms. The van der Waals surface area contributed by atoms with Crippen molar-refractivity contribution >= 4 is 11.8 Å². The first-order chi connectivity index (χ1) is 7.80. The Labute approximate surface area is 102 Å². The van der Waals surface area contributed by atoms with Crippen LogP contribution >= 0.6 is 0 Å². The molecule has 0 aromatic rings. The lowest BCUT2D eigenvalue weighted by atomic mass is 9.61. The zero-order valence-corrected chi connectivity index (χ0v) is 11.1. The molecule has 0 radical (unpaired) electrons. The standard InChI is InChI=1S/C13H20O4/c1-6-16-11(15)13-9(14)7(2)8(3)12(4,5)10(13)17-13/h7-8,10H,6H2,1-5H3. The Bertz CT molecular complexity index is 374. The molecule has 4 atom stereocenters. The number of ketones is 1. The fourth-order valence-electron chi connectivity index (χ4n) is 2.96. The summed E-state index contributed by atoms with van der Waals surface area (Å²) in [6.45, 7) is 10.0. The lowest BCUT2D eigenvalue weighted by molar-refractivity contribution is -0.156. The monoisotopic (exact) mass is 240 g/mol. The Kier molecular flexibility index (Phi) is 2.62. The third-order valence-corrected chi connectivity index (χ3v) is 4.57. The summed E-state index contributed by atoms with van der Waals surface area (Å²) in [5, 5.41) is 0. The van der Waals surface area contributed by atoms with Gasteiger partial charge in [0.05, 0.1) is 6.61 Å². The van der Waals surface area contributed by atoms with Crippen molar-refractivity contribution in [2.24, 2.45) is 17.3 Å². The van der Waals surface area contributed by atoms with Gasteiger partial charge in [0.15, 0.2) is 5.78 Å². The van der Waals surface area contributed by atoms with E-state index in [1.54, 1.807) is 6.92 Å². The largest absolute Gasteiger partial charge is 0.463 e. The van der Waals surface area contributed by atoms with E-state index in [4.69, 9.17) is 9.47 Å². The smallest absolute Gasteiger partial charge is 0.349 e. The molecule has 1 saturated heterocycles. The number of esters is 1. The van der Waals surface area contributed by atoms with Crippen LogP contribution in [0.15, 0.2) is 0 Å². The highest BCUT2D eigenvalue weighted by atomic mass is 16.7. The van der Waals surface area contributed by atoms with Crippen molar-refractivity contribution in [2.75, 3.05) is 6.61 Å². The van der Waals surface area contributed by atoms with Gasteiger partial charge in [0.1, 0.15) is 6.10 Å². The highest BCUT2D eigenvalue weighted by molar-refractivity contribution is 6.12. The number of fused-ring (bicyclic) bond motifs is 1. The lowest BCUT2D eigenvalue weighted by Gasteiger charge is -2.39. The average Bonchev–Trinajstić information content (AvgIpc) is 3.02. The molecule has 4 unspecified atom stereocenters. The molecule has 1 aliphatic carbocycles. The van der Waals surface area contributed by atoms with Crippen molar-refractivity contribution in [1.82, 2.24) is 0 Å². The van der Waals surface area contributed by atoms with Gasteiger partial charge in [-0.3, -0.25) is 4.79 Å². The van der Waals surface area contributed by atoms with Crippen molar-refractivity contribution in [1.29, 1.82) is 0 Å². The molecule has 1 saturated carbocycles. The summed E-state index contributed by atoms with van der Waals surface area (Å²) in [6.07, 6.45) is -0.326. The first-order valence-corrected chi connectivity index (χ1v) is 6.19. The van der Waals surface area contributed by atoms with Crippen LogP contribution in [0, 0.1) is 17.3 Å². The topological polar surface area (TPSA) is 55.9 Å². The molecule has 0 N–H and O–H groups in total. The fourth-order valence-corrected chi connectivity index (χ4v) is 2.96. The normalized spacial score (nSPS) is 42.9. The molecule has 4 heteroatoms. The Morgan fingerprint density at radius 1 is 1.41 bits per heavy atom. The number of ether oxygens (including phenoxy) is 2. The fraction of sp³-hybridized carbons (Fsp3) is 0.846. The van der Waals surface area contributed by atoms with Crippen LogP contribution in [-0.2, 0) is 19.1 Å². The minimum Gasteiger partial charge on any atom is -0.463 e. The Morgan fingerprint density at radius 3 is 2.53 bits per heavy atom. The molecule has 17 heavy (non-hydrogen) atoms. The number of Topliss-reactive ketones (excluding diaryl/α,β-unsaturated/α-hetero) is 1. The van der Waals surface area contributed by atoms with Gasteiger partial charge in [0.25, 0.3) is 5.60 Å². The molecule has 0 aromatic carbocycles. The summed E-state index contributed by atoms with van der Waals surface area (Å²) in [4.78, 5) is 24.2. The second-order valence-corrected chi connectivity index (χ2v) is 5.72. The molecule has 2 aliphatic rings. The summed E-state index contributed by atoms with van der Waals surface area (Å²) in [7, 11) is 0. The van der Waals surface area contributed by atoms with E-state index in [-0.39, 0.29) is 35.7 Å². The van der Waals surface area contributed by atoms with E-state index in [1.165, 1.54) is 0 Å². The maximum atomic E-state index is 12.3. The van der Waals surface area contributed by atoms with Crippen molar-refractivity contribution in [3.8, 4) is 0 Å². The van der Waals surface area contributed by atoms with Gasteiger partial charge in [-0.15, -0.1) is 0 Å². The Balaban J connectivity index is 2.34. The molecule has 96 valence electrons. The molecule has 0 aromatic heterocycles. The van der Waals surface area contributed by atoms with E-state index >= 15 is 0 Å². The van der Waals surface area contributed by atoms with Crippen LogP contribution in [0.3, 0.4) is 0 Å². The van der Waals surface area contributed by atoms with Crippen LogP contribution in [0.5, 0.6) is 0 Å². The molecule has 0 spiro atoms. The maximum Gasteiger partial charge on any atom is 0.349 e. The number of carbonyl (C=O) groups excluding carboxylic acids is 2. The number of hydrogen-bond donors (Lipinski definition) is 0. The number of epoxide rings is 1. The van der Waals surface area contributed by atoms with Gasteiger partial charge in [0, 0.05) is 5.92 Å². The Morgan fingerprint density at radius 2 is 2.00 bits per heavy atom.